The Labute approximate surface area is 166 Å². The highest BCUT2D eigenvalue weighted by Gasteiger charge is 2.20. The first-order valence-corrected chi connectivity index (χ1v) is 9.38. The van der Waals surface area contributed by atoms with Crippen molar-refractivity contribution in [2.75, 3.05) is 31.0 Å². The fourth-order valence-corrected chi connectivity index (χ4v) is 3.28. The zero-order chi connectivity index (χ0) is 20.3. The maximum atomic E-state index is 11.9. The van der Waals surface area contributed by atoms with Gasteiger partial charge in [0, 0.05) is 24.5 Å². The molecule has 1 aliphatic heterocycles. The van der Waals surface area contributed by atoms with Gasteiger partial charge < -0.3 is 19.1 Å². The summed E-state index contributed by atoms with van der Waals surface area (Å²) < 4.78 is 16.1. The highest BCUT2D eigenvalue weighted by Crippen LogP contribution is 2.34. The quantitative estimate of drug-likeness (QED) is 0.834. The number of amides is 1. The first kappa shape index (κ1) is 19.9. The van der Waals surface area contributed by atoms with E-state index in [1.165, 1.54) is 11.1 Å². The molecule has 150 valence electrons. The highest BCUT2D eigenvalue weighted by molar-refractivity contribution is 5.85. The average molecular weight is 384 g/mol. The van der Waals surface area contributed by atoms with Crippen molar-refractivity contribution in [3.63, 3.8) is 0 Å². The number of nitrogens with one attached hydrogen (secondary N) is 1. The summed E-state index contributed by atoms with van der Waals surface area (Å²) in [5.74, 6) is 1.52. The van der Waals surface area contributed by atoms with Crippen molar-refractivity contribution < 1.29 is 19.0 Å². The van der Waals surface area contributed by atoms with Crippen molar-refractivity contribution in [2.45, 2.75) is 39.3 Å². The van der Waals surface area contributed by atoms with E-state index in [9.17, 15) is 4.79 Å². The number of fused-ring (bicyclic) bond motifs is 1. The fourth-order valence-electron chi connectivity index (χ4n) is 3.28. The van der Waals surface area contributed by atoms with Crippen molar-refractivity contribution in [1.29, 1.82) is 0 Å². The zero-order valence-corrected chi connectivity index (χ0v) is 17.2. The van der Waals surface area contributed by atoms with Crippen LogP contribution < -0.4 is 19.7 Å². The van der Waals surface area contributed by atoms with Crippen molar-refractivity contribution in [3.05, 3.63) is 47.5 Å². The van der Waals surface area contributed by atoms with Crippen LogP contribution in [0.25, 0.3) is 0 Å². The molecule has 6 heteroatoms. The van der Waals surface area contributed by atoms with E-state index in [0.717, 1.165) is 36.7 Å². The molecule has 0 saturated carbocycles. The van der Waals surface area contributed by atoms with E-state index >= 15 is 0 Å². The summed E-state index contributed by atoms with van der Waals surface area (Å²) in [7, 11) is 3.31. The summed E-state index contributed by atoms with van der Waals surface area (Å²) >= 11 is 0. The van der Waals surface area contributed by atoms with Gasteiger partial charge in [0.2, 0.25) is 0 Å². The number of rotatable bonds is 4. The molecule has 1 heterocycles. The summed E-state index contributed by atoms with van der Waals surface area (Å²) in [5.41, 5.74) is 3.82. The van der Waals surface area contributed by atoms with Gasteiger partial charge in [-0.1, -0.05) is 0 Å². The number of methoxy groups -OCH3 is 2. The van der Waals surface area contributed by atoms with Crippen LogP contribution in [-0.4, -0.2) is 32.5 Å². The minimum absolute atomic E-state index is 0.451. The lowest BCUT2D eigenvalue weighted by atomic mass is 9.98. The van der Waals surface area contributed by atoms with E-state index in [-0.39, 0.29) is 0 Å². The summed E-state index contributed by atoms with van der Waals surface area (Å²) in [5, 5.41) is 2.76. The number of ether oxygens (including phenoxy) is 3. The summed E-state index contributed by atoms with van der Waals surface area (Å²) in [6.45, 7) is 7.24. The van der Waals surface area contributed by atoms with Gasteiger partial charge in [-0.25, -0.2) is 4.79 Å². The molecule has 2 aromatic carbocycles. The monoisotopic (exact) mass is 384 g/mol. The normalized spacial score (nSPS) is 13.5. The molecule has 0 fully saturated rings. The molecule has 1 N–H and O–H groups in total. The number of nitrogens with zero attached hydrogens (tertiary/aromatic N) is 1. The van der Waals surface area contributed by atoms with E-state index in [1.54, 1.807) is 14.2 Å². The predicted octanol–water partition coefficient (Wildman–Crippen LogP) is 4.61. The molecule has 0 atom stereocenters. The Morgan fingerprint density at radius 2 is 1.61 bits per heavy atom. The lowest BCUT2D eigenvalue weighted by Gasteiger charge is -2.31. The molecule has 6 nitrogen and oxygen atoms in total. The van der Waals surface area contributed by atoms with Crippen LogP contribution in [0.15, 0.2) is 36.4 Å². The zero-order valence-electron chi connectivity index (χ0n) is 17.2. The number of benzene rings is 2. The summed E-state index contributed by atoms with van der Waals surface area (Å²) in [6.07, 6.45) is 0.487. The van der Waals surface area contributed by atoms with E-state index in [2.05, 4.69) is 22.3 Å². The predicted molar refractivity (Wildman–Crippen MR) is 111 cm³/mol. The number of carbonyl (C=O) groups excluding carboxylic acids is 1. The van der Waals surface area contributed by atoms with Crippen LogP contribution in [0.4, 0.5) is 16.2 Å². The van der Waals surface area contributed by atoms with E-state index in [4.69, 9.17) is 14.2 Å². The van der Waals surface area contributed by atoms with Gasteiger partial charge in [0.25, 0.3) is 0 Å². The standard InChI is InChI=1S/C22H28N2O4/c1-22(2,3)28-21(25)23-17-6-8-18(9-7-17)24-11-10-15-12-19(26-4)20(27-5)13-16(15)14-24/h6-9,12-13H,10-11,14H2,1-5H3,(H,23,25). The first-order valence-electron chi connectivity index (χ1n) is 9.38. The first-order chi connectivity index (χ1) is 13.3. The van der Waals surface area contributed by atoms with Crippen molar-refractivity contribution in [1.82, 2.24) is 0 Å². The molecule has 1 amide bonds. The highest BCUT2D eigenvalue weighted by atomic mass is 16.6. The Hall–Kier alpha value is -2.89. The van der Waals surface area contributed by atoms with Crippen LogP contribution in [0.1, 0.15) is 31.9 Å². The van der Waals surface area contributed by atoms with Gasteiger partial charge in [-0.3, -0.25) is 5.32 Å². The average Bonchev–Trinajstić information content (AvgIpc) is 2.65. The third kappa shape index (κ3) is 4.68. The molecule has 0 saturated heterocycles. The maximum Gasteiger partial charge on any atom is 0.412 e. The SMILES string of the molecule is COc1cc2c(cc1OC)CN(c1ccc(NC(=O)OC(C)(C)C)cc1)CC2. The van der Waals surface area contributed by atoms with Crippen LogP contribution in [0.2, 0.25) is 0 Å². The van der Waals surface area contributed by atoms with Gasteiger partial charge >= 0.3 is 6.09 Å². The molecule has 0 aromatic heterocycles. The third-order valence-corrected chi connectivity index (χ3v) is 4.60. The van der Waals surface area contributed by atoms with Crippen LogP contribution in [0.5, 0.6) is 11.5 Å². The van der Waals surface area contributed by atoms with E-state index in [1.807, 2.05) is 45.0 Å². The Kier molecular flexibility index (Phi) is 5.68. The topological polar surface area (TPSA) is 60.0 Å². The van der Waals surface area contributed by atoms with Gasteiger partial charge in [-0.2, -0.15) is 0 Å². The second-order valence-electron chi connectivity index (χ2n) is 7.82. The maximum absolute atomic E-state index is 11.9. The van der Waals surface area contributed by atoms with E-state index < -0.39 is 11.7 Å². The molecule has 0 aliphatic carbocycles. The molecule has 3 rings (SSSR count). The fraction of sp³-hybridized carbons (Fsp3) is 0.409. The van der Waals surface area contributed by atoms with Crippen molar-refractivity contribution >= 4 is 17.5 Å². The lowest BCUT2D eigenvalue weighted by Crippen LogP contribution is -2.30. The smallest absolute Gasteiger partial charge is 0.412 e. The van der Waals surface area contributed by atoms with Crippen LogP contribution >= 0.6 is 0 Å². The summed E-state index contributed by atoms with van der Waals surface area (Å²) in [4.78, 5) is 14.2. The van der Waals surface area contributed by atoms with Gasteiger partial charge in [-0.05, 0) is 74.7 Å². The number of hydrogen-bond donors (Lipinski definition) is 1. The minimum atomic E-state index is -0.519. The number of carbonyl (C=O) groups is 1. The van der Waals surface area contributed by atoms with Gasteiger partial charge in [0.1, 0.15) is 5.60 Å². The third-order valence-electron chi connectivity index (χ3n) is 4.60. The molecule has 28 heavy (non-hydrogen) atoms. The Morgan fingerprint density at radius 1 is 1.00 bits per heavy atom. The number of hydrogen-bond acceptors (Lipinski definition) is 5. The second-order valence-corrected chi connectivity index (χ2v) is 7.82. The van der Waals surface area contributed by atoms with Crippen LogP contribution in [0.3, 0.4) is 0 Å². The van der Waals surface area contributed by atoms with Crippen LogP contribution in [-0.2, 0) is 17.7 Å². The molecular formula is C22H28N2O4. The molecular weight excluding hydrogens is 356 g/mol. The largest absolute Gasteiger partial charge is 0.493 e. The number of anilines is 2. The molecule has 2 aromatic rings. The minimum Gasteiger partial charge on any atom is -0.493 e. The Morgan fingerprint density at radius 3 is 2.18 bits per heavy atom. The Bertz CT molecular complexity index is 841. The molecule has 0 unspecified atom stereocenters. The van der Waals surface area contributed by atoms with E-state index in [0.29, 0.717) is 5.69 Å². The second kappa shape index (κ2) is 8.00. The van der Waals surface area contributed by atoms with Crippen molar-refractivity contribution in [3.8, 4) is 11.5 Å². The summed E-state index contributed by atoms with van der Waals surface area (Å²) in [6, 6.07) is 11.9. The van der Waals surface area contributed by atoms with Gasteiger partial charge in [-0.15, -0.1) is 0 Å². The van der Waals surface area contributed by atoms with Gasteiger partial charge in [0.15, 0.2) is 11.5 Å². The lowest BCUT2D eigenvalue weighted by molar-refractivity contribution is 0.0636. The van der Waals surface area contributed by atoms with Crippen LogP contribution in [0, 0.1) is 0 Å². The Balaban J connectivity index is 1.69. The molecule has 1 aliphatic rings. The van der Waals surface area contributed by atoms with Gasteiger partial charge in [0.05, 0.1) is 14.2 Å². The molecule has 0 radical (unpaired) electrons. The molecule has 0 spiro atoms. The molecule has 0 bridgehead atoms. The van der Waals surface area contributed by atoms with Crippen molar-refractivity contribution in [2.24, 2.45) is 0 Å².